The number of hydrogen-bond donors (Lipinski definition) is 1. The predicted molar refractivity (Wildman–Crippen MR) is 85.5 cm³/mol. The zero-order valence-corrected chi connectivity index (χ0v) is 12.1. The van der Waals surface area contributed by atoms with E-state index in [1.54, 1.807) is 4.90 Å². The second-order valence-corrected chi connectivity index (χ2v) is 5.20. The number of nitrogens with zero attached hydrogens (tertiary/aromatic N) is 1. The number of nitrogens with two attached hydrogens (primary N) is 1. The Bertz CT molecular complexity index is 715. The zero-order chi connectivity index (χ0) is 14.8. The number of rotatable bonds is 3. The van der Waals surface area contributed by atoms with Crippen molar-refractivity contribution in [3.63, 3.8) is 0 Å². The number of hydrogen-bond acceptors (Lipinski definition) is 3. The summed E-state index contributed by atoms with van der Waals surface area (Å²) in [7, 11) is 0. The van der Waals surface area contributed by atoms with Gasteiger partial charge in [0.2, 0.25) is 0 Å². The molecule has 0 unspecified atom stereocenters. The van der Waals surface area contributed by atoms with E-state index in [1.807, 2.05) is 48.5 Å². The summed E-state index contributed by atoms with van der Waals surface area (Å²) in [6, 6.07) is 15.1. The SMILES string of the molecule is NC(=S)c1ccccc1CN1C(=O)COc2ccccc21. The molecule has 1 heterocycles. The summed E-state index contributed by atoms with van der Waals surface area (Å²) in [6.07, 6.45) is 0. The van der Waals surface area contributed by atoms with Crippen molar-refractivity contribution in [3.05, 3.63) is 59.7 Å². The molecule has 0 spiro atoms. The Balaban J connectivity index is 1.99. The number of carbonyl (C=O) groups is 1. The van der Waals surface area contributed by atoms with Crippen molar-refractivity contribution in [2.75, 3.05) is 11.5 Å². The van der Waals surface area contributed by atoms with Gasteiger partial charge in [0.25, 0.3) is 5.91 Å². The molecule has 0 aliphatic carbocycles. The van der Waals surface area contributed by atoms with E-state index in [9.17, 15) is 4.79 Å². The molecule has 0 radical (unpaired) electrons. The molecule has 0 fully saturated rings. The number of anilines is 1. The molecule has 106 valence electrons. The van der Waals surface area contributed by atoms with Gasteiger partial charge in [0.15, 0.2) is 6.61 Å². The highest BCUT2D eigenvalue weighted by atomic mass is 32.1. The van der Waals surface area contributed by atoms with Gasteiger partial charge in [-0.2, -0.15) is 0 Å². The van der Waals surface area contributed by atoms with Crippen molar-refractivity contribution in [2.45, 2.75) is 6.54 Å². The van der Waals surface area contributed by atoms with E-state index < -0.39 is 0 Å². The van der Waals surface area contributed by atoms with Crippen LogP contribution in [0.5, 0.6) is 5.75 Å². The molecule has 0 aromatic heterocycles. The van der Waals surface area contributed by atoms with E-state index in [0.29, 0.717) is 17.3 Å². The van der Waals surface area contributed by atoms with Crippen LogP contribution in [-0.2, 0) is 11.3 Å². The van der Waals surface area contributed by atoms with Crippen molar-refractivity contribution < 1.29 is 9.53 Å². The topological polar surface area (TPSA) is 55.6 Å². The third kappa shape index (κ3) is 2.60. The number of ether oxygens (including phenoxy) is 1. The standard InChI is InChI=1S/C16H14N2O2S/c17-16(21)12-6-2-1-5-11(12)9-18-13-7-3-4-8-14(13)20-10-15(18)19/h1-8H,9-10H2,(H2,17,21). The Kier molecular flexibility index (Phi) is 3.58. The van der Waals surface area contributed by atoms with Crippen molar-refractivity contribution in [3.8, 4) is 5.75 Å². The minimum absolute atomic E-state index is 0.0479. The van der Waals surface area contributed by atoms with Crippen molar-refractivity contribution in [1.29, 1.82) is 0 Å². The van der Waals surface area contributed by atoms with E-state index in [4.69, 9.17) is 22.7 Å². The lowest BCUT2D eigenvalue weighted by molar-refractivity contribution is -0.121. The molecule has 3 rings (SSSR count). The highest BCUT2D eigenvalue weighted by molar-refractivity contribution is 7.80. The summed E-state index contributed by atoms with van der Waals surface area (Å²) in [4.78, 5) is 14.2. The van der Waals surface area contributed by atoms with E-state index in [2.05, 4.69) is 0 Å². The largest absolute Gasteiger partial charge is 0.482 e. The first-order valence-corrected chi connectivity index (χ1v) is 6.97. The summed E-state index contributed by atoms with van der Waals surface area (Å²) < 4.78 is 5.44. The highest BCUT2D eigenvalue weighted by Gasteiger charge is 2.25. The van der Waals surface area contributed by atoms with E-state index in [0.717, 1.165) is 16.8 Å². The minimum atomic E-state index is -0.0774. The molecule has 0 bridgehead atoms. The lowest BCUT2D eigenvalue weighted by atomic mass is 10.1. The van der Waals surface area contributed by atoms with Gasteiger partial charge in [-0.3, -0.25) is 4.79 Å². The number of carbonyl (C=O) groups excluding carboxylic acids is 1. The molecule has 2 aromatic rings. The lowest BCUT2D eigenvalue weighted by Crippen LogP contribution is -2.38. The van der Waals surface area contributed by atoms with Crippen LogP contribution in [0.15, 0.2) is 48.5 Å². The van der Waals surface area contributed by atoms with Crippen LogP contribution >= 0.6 is 12.2 Å². The van der Waals surface area contributed by atoms with Crippen LogP contribution < -0.4 is 15.4 Å². The van der Waals surface area contributed by atoms with Gasteiger partial charge in [-0.1, -0.05) is 48.6 Å². The van der Waals surface area contributed by atoms with Gasteiger partial charge < -0.3 is 15.4 Å². The van der Waals surface area contributed by atoms with E-state index >= 15 is 0 Å². The molecule has 1 aliphatic rings. The van der Waals surface area contributed by atoms with Gasteiger partial charge in [-0.05, 0) is 17.7 Å². The number of para-hydroxylation sites is 2. The van der Waals surface area contributed by atoms with Crippen LogP contribution in [0, 0.1) is 0 Å². The molecule has 0 saturated carbocycles. The van der Waals surface area contributed by atoms with Gasteiger partial charge >= 0.3 is 0 Å². The maximum Gasteiger partial charge on any atom is 0.265 e. The molecule has 2 aromatic carbocycles. The molecule has 4 nitrogen and oxygen atoms in total. The number of thiocarbonyl (C=S) groups is 1. The summed E-state index contributed by atoms with van der Waals surface area (Å²) in [5.74, 6) is 0.636. The van der Waals surface area contributed by atoms with Crippen molar-refractivity contribution in [2.24, 2.45) is 5.73 Å². The Morgan fingerprint density at radius 1 is 1.19 bits per heavy atom. The molecular weight excluding hydrogens is 284 g/mol. The first-order valence-electron chi connectivity index (χ1n) is 6.56. The quantitative estimate of drug-likeness (QED) is 0.883. The molecule has 2 N–H and O–H groups in total. The molecule has 0 saturated heterocycles. The average molecular weight is 298 g/mol. The van der Waals surface area contributed by atoms with Crippen LogP contribution in [0.2, 0.25) is 0 Å². The van der Waals surface area contributed by atoms with Gasteiger partial charge in [0.05, 0.1) is 12.2 Å². The lowest BCUT2D eigenvalue weighted by Gasteiger charge is -2.29. The van der Waals surface area contributed by atoms with Gasteiger partial charge in [0.1, 0.15) is 10.7 Å². The first kappa shape index (κ1) is 13.6. The fourth-order valence-electron chi connectivity index (χ4n) is 2.40. The number of amides is 1. The summed E-state index contributed by atoms with van der Waals surface area (Å²) in [5.41, 5.74) is 8.24. The Hall–Kier alpha value is -2.40. The highest BCUT2D eigenvalue weighted by Crippen LogP contribution is 2.32. The molecule has 0 atom stereocenters. The second-order valence-electron chi connectivity index (χ2n) is 4.76. The van der Waals surface area contributed by atoms with Crippen LogP contribution in [0.3, 0.4) is 0 Å². The molecular formula is C16H14N2O2S. The third-order valence-corrected chi connectivity index (χ3v) is 3.64. The predicted octanol–water partition coefficient (Wildman–Crippen LogP) is 2.25. The summed E-state index contributed by atoms with van der Waals surface area (Å²) >= 11 is 5.07. The first-order chi connectivity index (χ1) is 10.2. The second kappa shape index (κ2) is 5.54. The van der Waals surface area contributed by atoms with Gasteiger partial charge in [-0.25, -0.2) is 0 Å². The Morgan fingerprint density at radius 3 is 2.71 bits per heavy atom. The number of fused-ring (bicyclic) bond motifs is 1. The van der Waals surface area contributed by atoms with Crippen molar-refractivity contribution >= 4 is 28.8 Å². The molecule has 5 heteroatoms. The van der Waals surface area contributed by atoms with Crippen LogP contribution in [0.4, 0.5) is 5.69 Å². The average Bonchev–Trinajstić information content (AvgIpc) is 2.50. The third-order valence-electron chi connectivity index (χ3n) is 3.42. The van der Waals surface area contributed by atoms with Crippen LogP contribution in [0.25, 0.3) is 0 Å². The summed E-state index contributed by atoms with van der Waals surface area (Å²) in [5, 5.41) is 0. The Labute approximate surface area is 128 Å². The molecule has 1 amide bonds. The minimum Gasteiger partial charge on any atom is -0.482 e. The van der Waals surface area contributed by atoms with Crippen LogP contribution in [-0.4, -0.2) is 17.5 Å². The fraction of sp³-hybridized carbons (Fsp3) is 0.125. The normalized spacial score (nSPS) is 13.5. The zero-order valence-electron chi connectivity index (χ0n) is 11.3. The van der Waals surface area contributed by atoms with Crippen LogP contribution in [0.1, 0.15) is 11.1 Å². The molecule has 1 aliphatic heterocycles. The smallest absolute Gasteiger partial charge is 0.265 e. The van der Waals surface area contributed by atoms with Gasteiger partial charge in [0, 0.05) is 5.56 Å². The Morgan fingerprint density at radius 2 is 1.90 bits per heavy atom. The van der Waals surface area contributed by atoms with Crippen molar-refractivity contribution in [1.82, 2.24) is 0 Å². The summed E-state index contributed by atoms with van der Waals surface area (Å²) in [6.45, 7) is 0.471. The monoisotopic (exact) mass is 298 g/mol. The van der Waals surface area contributed by atoms with E-state index in [1.165, 1.54) is 0 Å². The number of benzene rings is 2. The maximum atomic E-state index is 12.2. The van der Waals surface area contributed by atoms with Gasteiger partial charge in [-0.15, -0.1) is 0 Å². The maximum absolute atomic E-state index is 12.2. The van der Waals surface area contributed by atoms with E-state index in [-0.39, 0.29) is 12.5 Å². The molecule has 21 heavy (non-hydrogen) atoms. The fourth-order valence-corrected chi connectivity index (χ4v) is 2.60.